The quantitative estimate of drug-likeness (QED) is 0.565. The fourth-order valence-electron chi connectivity index (χ4n) is 5.43. The molecule has 1 saturated heterocycles. The largest absolute Gasteiger partial charge is 0.344 e. The van der Waals surface area contributed by atoms with Crippen LogP contribution in [0.2, 0.25) is 0 Å². The van der Waals surface area contributed by atoms with Crippen LogP contribution in [0.4, 0.5) is 0 Å². The second kappa shape index (κ2) is 9.04. The third-order valence-electron chi connectivity index (χ3n) is 7.56. The average molecular weight is 492 g/mol. The van der Waals surface area contributed by atoms with E-state index >= 15 is 0 Å². The van der Waals surface area contributed by atoms with Gasteiger partial charge in [-0.3, -0.25) is 24.5 Å². The molecule has 0 spiro atoms. The minimum absolute atomic E-state index is 0.0193. The molecule has 1 aliphatic carbocycles. The van der Waals surface area contributed by atoms with E-state index in [1.807, 2.05) is 20.8 Å². The number of nitrogens with one attached hydrogen (secondary N) is 3. The molecule has 4 rings (SSSR count). The summed E-state index contributed by atoms with van der Waals surface area (Å²) in [7, 11) is 0. The Morgan fingerprint density at radius 3 is 2.50 bits per heavy atom. The fraction of sp³-hybridized carbons (Fsp3) is 0.538. The number of hydrogen-bond donors (Lipinski definition) is 3. The van der Waals surface area contributed by atoms with E-state index in [0.717, 1.165) is 11.1 Å². The van der Waals surface area contributed by atoms with Gasteiger partial charge in [0.2, 0.25) is 17.7 Å². The number of aromatic amines is 1. The Labute approximate surface area is 210 Å². The number of hydrogen-bond acceptors (Lipinski definition) is 6. The molecular weight excluding hydrogens is 458 g/mol. The molecular formula is C26H33N7O3. The fourth-order valence-corrected chi connectivity index (χ4v) is 5.43. The Balaban J connectivity index is 1.59. The van der Waals surface area contributed by atoms with Crippen LogP contribution >= 0.6 is 0 Å². The number of carbonyl (C=O) groups is 3. The molecule has 10 nitrogen and oxygen atoms in total. The summed E-state index contributed by atoms with van der Waals surface area (Å²) < 4.78 is 0. The number of piperidine rings is 1. The Kier molecular flexibility index (Phi) is 6.37. The minimum Gasteiger partial charge on any atom is -0.344 e. The van der Waals surface area contributed by atoms with Crippen molar-refractivity contribution in [3.8, 4) is 17.2 Å². The third-order valence-corrected chi connectivity index (χ3v) is 7.56. The summed E-state index contributed by atoms with van der Waals surface area (Å²) in [6.45, 7) is 11.7. The summed E-state index contributed by atoms with van der Waals surface area (Å²) in [4.78, 5) is 45.0. The lowest BCUT2D eigenvalue weighted by Crippen LogP contribution is -2.59. The lowest BCUT2D eigenvalue weighted by atomic mass is 9.85. The van der Waals surface area contributed by atoms with Crippen LogP contribution in [0.25, 0.3) is 11.1 Å². The van der Waals surface area contributed by atoms with E-state index in [-0.39, 0.29) is 35.0 Å². The average Bonchev–Trinajstić information content (AvgIpc) is 3.27. The first-order valence-corrected chi connectivity index (χ1v) is 12.1. The molecule has 1 saturated carbocycles. The molecule has 0 aromatic carbocycles. The molecule has 10 heteroatoms. The molecule has 5 atom stereocenters. The maximum atomic E-state index is 13.7. The molecule has 0 bridgehead atoms. The van der Waals surface area contributed by atoms with Gasteiger partial charge >= 0.3 is 0 Å². The first-order valence-electron chi connectivity index (χ1n) is 12.1. The Morgan fingerprint density at radius 1 is 1.19 bits per heavy atom. The van der Waals surface area contributed by atoms with Crippen molar-refractivity contribution >= 4 is 17.7 Å². The topological polar surface area (TPSA) is 144 Å². The van der Waals surface area contributed by atoms with Crippen molar-refractivity contribution in [3.05, 3.63) is 36.4 Å². The normalized spacial score (nSPS) is 23.7. The highest BCUT2D eigenvalue weighted by molar-refractivity contribution is 5.94. The number of fused-ring (bicyclic) bond motifs is 1. The van der Waals surface area contributed by atoms with Gasteiger partial charge in [0.25, 0.3) is 0 Å². The van der Waals surface area contributed by atoms with Gasteiger partial charge in [-0.2, -0.15) is 10.4 Å². The second-order valence-electron chi connectivity index (χ2n) is 11.5. The van der Waals surface area contributed by atoms with Crippen molar-refractivity contribution < 1.29 is 14.4 Å². The van der Waals surface area contributed by atoms with Crippen LogP contribution < -0.4 is 10.6 Å². The summed E-state index contributed by atoms with van der Waals surface area (Å²) in [6, 6.07) is 1.51. The van der Waals surface area contributed by atoms with Gasteiger partial charge in [0, 0.05) is 48.7 Å². The van der Waals surface area contributed by atoms with Gasteiger partial charge in [-0.05, 0) is 28.7 Å². The van der Waals surface area contributed by atoms with E-state index < -0.39 is 23.5 Å². The number of aromatic nitrogens is 3. The lowest BCUT2D eigenvalue weighted by Gasteiger charge is -2.37. The molecule has 3 N–H and O–H groups in total. The van der Waals surface area contributed by atoms with Crippen LogP contribution in [0, 0.1) is 34.0 Å². The number of carbonyl (C=O) groups excluding carboxylic acids is 3. The summed E-state index contributed by atoms with van der Waals surface area (Å²) in [5.74, 6) is -0.797. The van der Waals surface area contributed by atoms with E-state index in [1.165, 1.54) is 6.92 Å². The van der Waals surface area contributed by atoms with E-state index in [0.29, 0.717) is 12.1 Å². The highest BCUT2D eigenvalue weighted by Crippen LogP contribution is 2.65. The zero-order chi connectivity index (χ0) is 26.4. The standard InChI is InChI=1S/C26H33N7O3/c1-14(34)31-22(25(2,3)4)24(36)33-13-18-20(26(18,5)6)21(33)23(35)32-19(8-27)16-7-15(9-28-10-16)17-11-29-30-12-17/h7,9-12,18-22H,13H2,1-6H3,(H,29,30)(H,31,34)(H,32,35)/t18-,19?,20-,21?,22+/m0/s1. The molecule has 2 unspecified atom stereocenters. The van der Waals surface area contributed by atoms with E-state index in [1.54, 1.807) is 35.8 Å². The number of nitrogens with zero attached hydrogens (tertiary/aromatic N) is 4. The second-order valence-corrected chi connectivity index (χ2v) is 11.5. The molecule has 2 aromatic rings. The maximum absolute atomic E-state index is 13.7. The van der Waals surface area contributed by atoms with Crippen molar-refractivity contribution in [1.82, 2.24) is 30.7 Å². The zero-order valence-corrected chi connectivity index (χ0v) is 21.5. The molecule has 190 valence electrons. The molecule has 2 fully saturated rings. The van der Waals surface area contributed by atoms with Gasteiger partial charge in [0.05, 0.1) is 12.3 Å². The van der Waals surface area contributed by atoms with Crippen LogP contribution in [0.15, 0.2) is 30.9 Å². The molecule has 0 radical (unpaired) electrons. The van der Waals surface area contributed by atoms with Gasteiger partial charge in [-0.15, -0.1) is 0 Å². The number of amides is 3. The van der Waals surface area contributed by atoms with Gasteiger partial charge in [-0.1, -0.05) is 34.6 Å². The third kappa shape index (κ3) is 4.57. The van der Waals surface area contributed by atoms with E-state index in [2.05, 4.69) is 45.7 Å². The molecule has 1 aliphatic heterocycles. The predicted octanol–water partition coefficient (Wildman–Crippen LogP) is 2.19. The van der Waals surface area contributed by atoms with E-state index in [4.69, 9.17) is 0 Å². The molecule has 36 heavy (non-hydrogen) atoms. The summed E-state index contributed by atoms with van der Waals surface area (Å²) in [6.07, 6.45) is 6.58. The van der Waals surface area contributed by atoms with Crippen LogP contribution in [0.1, 0.15) is 53.1 Å². The van der Waals surface area contributed by atoms with Crippen LogP contribution in [0.5, 0.6) is 0 Å². The highest BCUT2D eigenvalue weighted by Gasteiger charge is 2.69. The van der Waals surface area contributed by atoms with Gasteiger partial charge < -0.3 is 15.5 Å². The number of pyridine rings is 1. The summed E-state index contributed by atoms with van der Waals surface area (Å²) >= 11 is 0. The van der Waals surface area contributed by atoms with Crippen molar-refractivity contribution in [2.75, 3.05) is 6.54 Å². The van der Waals surface area contributed by atoms with Crippen molar-refractivity contribution in [1.29, 1.82) is 5.26 Å². The van der Waals surface area contributed by atoms with Crippen LogP contribution in [-0.4, -0.2) is 56.4 Å². The first kappa shape index (κ1) is 25.4. The van der Waals surface area contributed by atoms with E-state index in [9.17, 15) is 19.6 Å². The lowest BCUT2D eigenvalue weighted by molar-refractivity contribution is -0.145. The number of nitriles is 1. The molecule has 2 aromatic heterocycles. The zero-order valence-electron chi connectivity index (χ0n) is 21.5. The number of rotatable bonds is 6. The highest BCUT2D eigenvalue weighted by atomic mass is 16.2. The number of likely N-dealkylation sites (tertiary alicyclic amines) is 1. The van der Waals surface area contributed by atoms with Gasteiger partial charge in [-0.25, -0.2) is 0 Å². The summed E-state index contributed by atoms with van der Waals surface area (Å²) in [5, 5.41) is 22.2. The van der Waals surface area contributed by atoms with Crippen LogP contribution in [-0.2, 0) is 14.4 Å². The van der Waals surface area contributed by atoms with Crippen molar-refractivity contribution in [3.63, 3.8) is 0 Å². The smallest absolute Gasteiger partial charge is 0.246 e. The minimum atomic E-state index is -0.941. The Morgan fingerprint density at radius 2 is 1.92 bits per heavy atom. The van der Waals surface area contributed by atoms with Gasteiger partial charge in [0.1, 0.15) is 18.1 Å². The van der Waals surface area contributed by atoms with Crippen LogP contribution in [0.3, 0.4) is 0 Å². The van der Waals surface area contributed by atoms with Crippen molar-refractivity contribution in [2.24, 2.45) is 22.7 Å². The Bertz CT molecular complexity index is 1210. The maximum Gasteiger partial charge on any atom is 0.246 e. The predicted molar refractivity (Wildman–Crippen MR) is 132 cm³/mol. The number of H-pyrrole nitrogens is 1. The summed E-state index contributed by atoms with van der Waals surface area (Å²) in [5.41, 5.74) is 1.49. The Hall–Kier alpha value is -3.74. The van der Waals surface area contributed by atoms with Crippen molar-refractivity contribution in [2.45, 2.75) is 59.7 Å². The molecule has 3 amide bonds. The first-order chi connectivity index (χ1) is 16.9. The molecule has 3 heterocycles. The van der Waals surface area contributed by atoms with Gasteiger partial charge in [0.15, 0.2) is 0 Å². The monoisotopic (exact) mass is 491 g/mol. The molecule has 2 aliphatic rings. The SMILES string of the molecule is CC(=O)N[C@H](C(=O)N1C[C@H]2[C@@H](C1C(=O)NC(C#N)c1cncc(-c3cn[nH]c3)c1)C2(C)C)C(C)(C)C.